The number of aliphatic hydroxyl groups is 1. The third-order valence-electron chi connectivity index (χ3n) is 2.90. The molecule has 2 nitrogen and oxygen atoms in total. The topological polar surface area (TPSA) is 29.5 Å². The highest BCUT2D eigenvalue weighted by atomic mass is 16.5. The molecule has 2 aromatic rings. The minimum Gasteiger partial charge on any atom is -0.489 e. The molecule has 0 heterocycles. The van der Waals surface area contributed by atoms with Crippen LogP contribution in [0, 0.1) is 0 Å². The zero-order valence-electron chi connectivity index (χ0n) is 10.5. The lowest BCUT2D eigenvalue weighted by Crippen LogP contribution is -1.97. The number of aliphatic hydroxyl groups excluding tert-OH is 1. The van der Waals surface area contributed by atoms with Gasteiger partial charge in [0.05, 0.1) is 6.10 Å². The highest BCUT2D eigenvalue weighted by Gasteiger charge is 2.04. The van der Waals surface area contributed by atoms with Crippen LogP contribution in [0.15, 0.2) is 54.6 Å². The summed E-state index contributed by atoms with van der Waals surface area (Å²) >= 11 is 0. The summed E-state index contributed by atoms with van der Waals surface area (Å²) in [5, 5.41) is 9.69. The molecule has 94 valence electrons. The van der Waals surface area contributed by atoms with Gasteiger partial charge in [0.15, 0.2) is 0 Å². The van der Waals surface area contributed by atoms with Crippen molar-refractivity contribution in [1.82, 2.24) is 0 Å². The molecule has 18 heavy (non-hydrogen) atoms. The molecular weight excluding hydrogens is 224 g/mol. The Labute approximate surface area is 108 Å². The fraction of sp³-hybridized carbons (Fsp3) is 0.250. The minimum absolute atomic E-state index is 0.381. The molecule has 0 aliphatic carbocycles. The standard InChI is InChI=1S/C16H18O2/c1-2-16(17)14-8-10-15(11-9-14)18-12-13-6-4-3-5-7-13/h3-11,16-17H,2,12H2,1H3. The predicted octanol–water partition coefficient (Wildman–Crippen LogP) is 3.71. The Hall–Kier alpha value is -1.80. The van der Waals surface area contributed by atoms with Crippen LogP contribution in [0.5, 0.6) is 5.75 Å². The van der Waals surface area contributed by atoms with Crippen molar-refractivity contribution in [1.29, 1.82) is 0 Å². The first kappa shape index (κ1) is 12.7. The second kappa shape index (κ2) is 6.22. The second-order valence-corrected chi connectivity index (χ2v) is 4.27. The van der Waals surface area contributed by atoms with Crippen molar-refractivity contribution in [3.05, 3.63) is 65.7 Å². The Morgan fingerprint density at radius 3 is 2.28 bits per heavy atom. The van der Waals surface area contributed by atoms with Gasteiger partial charge in [-0.25, -0.2) is 0 Å². The van der Waals surface area contributed by atoms with Crippen LogP contribution in [0.2, 0.25) is 0 Å². The molecule has 2 aromatic carbocycles. The number of hydrogen-bond acceptors (Lipinski definition) is 2. The third kappa shape index (κ3) is 3.34. The van der Waals surface area contributed by atoms with Crippen LogP contribution in [0.3, 0.4) is 0 Å². The van der Waals surface area contributed by atoms with Gasteiger partial charge < -0.3 is 9.84 Å². The Bertz CT molecular complexity index is 462. The summed E-state index contributed by atoms with van der Waals surface area (Å²) < 4.78 is 5.68. The summed E-state index contributed by atoms with van der Waals surface area (Å²) in [4.78, 5) is 0. The summed E-state index contributed by atoms with van der Waals surface area (Å²) in [5.74, 6) is 0.825. The normalized spacial score (nSPS) is 12.1. The van der Waals surface area contributed by atoms with Gasteiger partial charge in [-0.05, 0) is 29.7 Å². The summed E-state index contributed by atoms with van der Waals surface area (Å²) in [6.45, 7) is 2.53. The van der Waals surface area contributed by atoms with Crippen LogP contribution in [-0.4, -0.2) is 5.11 Å². The maximum Gasteiger partial charge on any atom is 0.119 e. The quantitative estimate of drug-likeness (QED) is 0.866. The van der Waals surface area contributed by atoms with Gasteiger partial charge in [-0.3, -0.25) is 0 Å². The Kier molecular flexibility index (Phi) is 4.37. The molecule has 0 bridgehead atoms. The first-order valence-electron chi connectivity index (χ1n) is 6.24. The number of ether oxygens (including phenoxy) is 1. The van der Waals surface area contributed by atoms with E-state index < -0.39 is 0 Å². The van der Waals surface area contributed by atoms with E-state index in [-0.39, 0.29) is 6.10 Å². The number of rotatable bonds is 5. The van der Waals surface area contributed by atoms with Gasteiger partial charge in [0, 0.05) is 0 Å². The molecule has 0 aliphatic heterocycles. The van der Waals surface area contributed by atoms with Crippen LogP contribution in [0.1, 0.15) is 30.6 Å². The summed E-state index contributed by atoms with van der Waals surface area (Å²) in [6, 6.07) is 17.7. The van der Waals surface area contributed by atoms with E-state index in [1.807, 2.05) is 61.5 Å². The maximum atomic E-state index is 9.69. The Balaban J connectivity index is 1.94. The summed E-state index contributed by atoms with van der Waals surface area (Å²) in [6.07, 6.45) is 0.345. The number of benzene rings is 2. The SMILES string of the molecule is CCC(O)c1ccc(OCc2ccccc2)cc1. The van der Waals surface area contributed by atoms with E-state index in [1.165, 1.54) is 0 Å². The van der Waals surface area contributed by atoms with Crippen LogP contribution in [0.4, 0.5) is 0 Å². The molecule has 0 spiro atoms. The second-order valence-electron chi connectivity index (χ2n) is 4.27. The fourth-order valence-electron chi connectivity index (χ4n) is 1.76. The van der Waals surface area contributed by atoms with E-state index in [0.29, 0.717) is 6.61 Å². The van der Waals surface area contributed by atoms with Crippen molar-refractivity contribution < 1.29 is 9.84 Å². The number of hydrogen-bond donors (Lipinski definition) is 1. The van der Waals surface area contributed by atoms with E-state index in [9.17, 15) is 5.11 Å². The van der Waals surface area contributed by atoms with Crippen LogP contribution in [-0.2, 0) is 6.61 Å². The highest BCUT2D eigenvalue weighted by molar-refractivity contribution is 5.28. The molecule has 0 radical (unpaired) electrons. The Morgan fingerprint density at radius 2 is 1.67 bits per heavy atom. The molecule has 0 aliphatic rings. The molecule has 0 fully saturated rings. The maximum absolute atomic E-state index is 9.69. The highest BCUT2D eigenvalue weighted by Crippen LogP contribution is 2.20. The Morgan fingerprint density at radius 1 is 1.00 bits per heavy atom. The first-order valence-corrected chi connectivity index (χ1v) is 6.24. The lowest BCUT2D eigenvalue weighted by molar-refractivity contribution is 0.173. The van der Waals surface area contributed by atoms with E-state index in [2.05, 4.69) is 0 Å². The van der Waals surface area contributed by atoms with Crippen LogP contribution in [0.25, 0.3) is 0 Å². The fourth-order valence-corrected chi connectivity index (χ4v) is 1.76. The average molecular weight is 242 g/mol. The smallest absolute Gasteiger partial charge is 0.119 e. The van der Waals surface area contributed by atoms with Gasteiger partial charge in [0.2, 0.25) is 0 Å². The van der Waals surface area contributed by atoms with Crippen molar-refractivity contribution in [3.63, 3.8) is 0 Å². The van der Waals surface area contributed by atoms with Crippen LogP contribution >= 0.6 is 0 Å². The van der Waals surface area contributed by atoms with Gasteiger partial charge in [-0.15, -0.1) is 0 Å². The monoisotopic (exact) mass is 242 g/mol. The van der Waals surface area contributed by atoms with Gasteiger partial charge in [-0.2, -0.15) is 0 Å². The minimum atomic E-state index is -0.381. The van der Waals surface area contributed by atoms with Crippen LogP contribution < -0.4 is 4.74 Å². The van der Waals surface area contributed by atoms with Crippen molar-refractivity contribution in [2.24, 2.45) is 0 Å². The van der Waals surface area contributed by atoms with Crippen molar-refractivity contribution >= 4 is 0 Å². The van der Waals surface area contributed by atoms with E-state index in [0.717, 1.165) is 23.3 Å². The molecule has 1 N–H and O–H groups in total. The largest absolute Gasteiger partial charge is 0.489 e. The zero-order chi connectivity index (χ0) is 12.8. The van der Waals surface area contributed by atoms with Crippen molar-refractivity contribution in [2.75, 3.05) is 0 Å². The molecule has 0 saturated heterocycles. The van der Waals surface area contributed by atoms with E-state index in [1.54, 1.807) is 0 Å². The van der Waals surface area contributed by atoms with Gasteiger partial charge in [-0.1, -0.05) is 49.4 Å². The first-order chi connectivity index (χ1) is 8.79. The zero-order valence-corrected chi connectivity index (χ0v) is 10.5. The van der Waals surface area contributed by atoms with E-state index in [4.69, 9.17) is 4.74 Å². The molecule has 0 amide bonds. The predicted molar refractivity (Wildman–Crippen MR) is 72.5 cm³/mol. The third-order valence-corrected chi connectivity index (χ3v) is 2.90. The molecular formula is C16H18O2. The molecule has 1 atom stereocenters. The summed E-state index contributed by atoms with van der Waals surface area (Å²) in [7, 11) is 0. The average Bonchev–Trinajstić information content (AvgIpc) is 2.46. The lowest BCUT2D eigenvalue weighted by Gasteiger charge is -2.10. The van der Waals surface area contributed by atoms with Crippen molar-refractivity contribution in [2.45, 2.75) is 26.1 Å². The van der Waals surface area contributed by atoms with Crippen molar-refractivity contribution in [3.8, 4) is 5.75 Å². The molecule has 0 saturated carbocycles. The molecule has 2 rings (SSSR count). The molecule has 1 unspecified atom stereocenters. The van der Waals surface area contributed by atoms with Gasteiger partial charge in [0.1, 0.15) is 12.4 Å². The van der Waals surface area contributed by atoms with E-state index >= 15 is 0 Å². The molecule has 2 heteroatoms. The van der Waals surface area contributed by atoms with Gasteiger partial charge >= 0.3 is 0 Å². The van der Waals surface area contributed by atoms with Gasteiger partial charge in [0.25, 0.3) is 0 Å². The molecule has 0 aromatic heterocycles. The lowest BCUT2D eigenvalue weighted by atomic mass is 10.1. The summed E-state index contributed by atoms with van der Waals surface area (Å²) in [5.41, 5.74) is 2.08.